The van der Waals surface area contributed by atoms with Gasteiger partial charge in [0.2, 0.25) is 0 Å². The molecule has 0 heterocycles. The minimum absolute atomic E-state index is 0.0305. The number of ether oxygens (including phenoxy) is 2. The SMILES string of the molecule is C/C=C/c1ccccc1OC(CNCCC)COC. The van der Waals surface area contributed by atoms with Crippen LogP contribution in [0.5, 0.6) is 5.75 Å². The number of rotatable bonds is 9. The smallest absolute Gasteiger partial charge is 0.134 e. The fraction of sp³-hybridized carbons (Fsp3) is 0.500. The summed E-state index contributed by atoms with van der Waals surface area (Å²) in [4.78, 5) is 0. The number of para-hydroxylation sites is 1. The van der Waals surface area contributed by atoms with Crippen LogP contribution in [0.15, 0.2) is 30.3 Å². The van der Waals surface area contributed by atoms with Gasteiger partial charge in [0, 0.05) is 19.2 Å². The topological polar surface area (TPSA) is 30.5 Å². The number of methoxy groups -OCH3 is 1. The Morgan fingerprint density at radius 3 is 2.79 bits per heavy atom. The van der Waals surface area contributed by atoms with Gasteiger partial charge < -0.3 is 14.8 Å². The summed E-state index contributed by atoms with van der Waals surface area (Å²) in [7, 11) is 1.70. The Labute approximate surface area is 116 Å². The van der Waals surface area contributed by atoms with Gasteiger partial charge >= 0.3 is 0 Å². The Hall–Kier alpha value is -1.32. The molecule has 1 rings (SSSR count). The number of hydrogen-bond donors (Lipinski definition) is 1. The number of allylic oxidation sites excluding steroid dienone is 1. The quantitative estimate of drug-likeness (QED) is 0.694. The van der Waals surface area contributed by atoms with E-state index >= 15 is 0 Å². The van der Waals surface area contributed by atoms with Crippen LogP contribution in [0.2, 0.25) is 0 Å². The van der Waals surface area contributed by atoms with E-state index in [1.165, 1.54) is 0 Å². The zero-order chi connectivity index (χ0) is 13.9. The Morgan fingerprint density at radius 1 is 1.32 bits per heavy atom. The van der Waals surface area contributed by atoms with Crippen molar-refractivity contribution < 1.29 is 9.47 Å². The van der Waals surface area contributed by atoms with Gasteiger partial charge in [-0.2, -0.15) is 0 Å². The largest absolute Gasteiger partial charge is 0.486 e. The maximum Gasteiger partial charge on any atom is 0.134 e. The Morgan fingerprint density at radius 2 is 2.11 bits per heavy atom. The zero-order valence-corrected chi connectivity index (χ0v) is 12.2. The molecule has 1 aromatic carbocycles. The van der Waals surface area contributed by atoms with Crippen LogP contribution >= 0.6 is 0 Å². The molecule has 0 bridgehead atoms. The summed E-state index contributed by atoms with van der Waals surface area (Å²) < 4.78 is 11.3. The molecule has 0 saturated carbocycles. The van der Waals surface area contributed by atoms with Crippen molar-refractivity contribution in [3.63, 3.8) is 0 Å². The third kappa shape index (κ3) is 5.90. The van der Waals surface area contributed by atoms with E-state index in [2.05, 4.69) is 24.4 Å². The van der Waals surface area contributed by atoms with Gasteiger partial charge in [-0.15, -0.1) is 0 Å². The molecule has 0 aliphatic heterocycles. The van der Waals surface area contributed by atoms with Crippen molar-refractivity contribution in [3.8, 4) is 5.75 Å². The highest BCUT2D eigenvalue weighted by atomic mass is 16.5. The third-order valence-corrected chi connectivity index (χ3v) is 2.71. The first kappa shape index (κ1) is 15.7. The summed E-state index contributed by atoms with van der Waals surface area (Å²) in [5, 5.41) is 3.37. The predicted molar refractivity (Wildman–Crippen MR) is 80.6 cm³/mol. The highest BCUT2D eigenvalue weighted by Gasteiger charge is 2.11. The Kier molecular flexibility index (Phi) is 7.94. The lowest BCUT2D eigenvalue weighted by Crippen LogP contribution is -2.35. The summed E-state index contributed by atoms with van der Waals surface area (Å²) in [5.74, 6) is 0.904. The lowest BCUT2D eigenvalue weighted by molar-refractivity contribution is 0.0806. The van der Waals surface area contributed by atoms with Gasteiger partial charge in [-0.1, -0.05) is 37.3 Å². The molecule has 106 valence electrons. The molecular formula is C16H25NO2. The van der Waals surface area contributed by atoms with E-state index in [9.17, 15) is 0 Å². The van der Waals surface area contributed by atoms with Crippen LogP contribution in [0.4, 0.5) is 0 Å². The van der Waals surface area contributed by atoms with Gasteiger partial charge in [-0.05, 0) is 26.0 Å². The highest BCUT2D eigenvalue weighted by molar-refractivity contribution is 5.56. The first-order valence-electron chi connectivity index (χ1n) is 6.89. The molecular weight excluding hydrogens is 238 g/mol. The fourth-order valence-corrected chi connectivity index (χ4v) is 1.84. The second-order valence-electron chi connectivity index (χ2n) is 4.44. The molecule has 0 amide bonds. The average Bonchev–Trinajstić information content (AvgIpc) is 2.42. The van der Waals surface area contributed by atoms with E-state index in [-0.39, 0.29) is 6.10 Å². The van der Waals surface area contributed by atoms with E-state index in [1.54, 1.807) is 7.11 Å². The van der Waals surface area contributed by atoms with Crippen LogP contribution < -0.4 is 10.1 Å². The number of hydrogen-bond acceptors (Lipinski definition) is 3. The first-order valence-corrected chi connectivity index (χ1v) is 6.89. The summed E-state index contributed by atoms with van der Waals surface area (Å²) in [6.45, 7) is 6.54. The molecule has 1 unspecified atom stereocenters. The molecule has 3 nitrogen and oxygen atoms in total. The van der Waals surface area contributed by atoms with Gasteiger partial charge in [-0.25, -0.2) is 0 Å². The lowest BCUT2D eigenvalue weighted by atomic mass is 10.2. The van der Waals surface area contributed by atoms with Crippen LogP contribution in [0.1, 0.15) is 25.8 Å². The van der Waals surface area contributed by atoms with Gasteiger partial charge in [-0.3, -0.25) is 0 Å². The van der Waals surface area contributed by atoms with Gasteiger partial charge in [0.15, 0.2) is 0 Å². The number of benzene rings is 1. The Bertz CT molecular complexity index is 377. The molecule has 1 N–H and O–H groups in total. The van der Waals surface area contributed by atoms with E-state index in [0.29, 0.717) is 6.61 Å². The molecule has 0 aromatic heterocycles. The summed E-state index contributed by atoms with van der Waals surface area (Å²) in [5.41, 5.74) is 1.10. The van der Waals surface area contributed by atoms with Crippen LogP contribution in [-0.4, -0.2) is 32.9 Å². The zero-order valence-electron chi connectivity index (χ0n) is 12.2. The normalized spacial score (nSPS) is 12.8. The summed E-state index contributed by atoms with van der Waals surface area (Å²) >= 11 is 0. The Balaban J connectivity index is 2.66. The van der Waals surface area contributed by atoms with Crippen molar-refractivity contribution in [2.24, 2.45) is 0 Å². The number of nitrogens with one attached hydrogen (secondary N) is 1. The van der Waals surface area contributed by atoms with E-state index in [1.807, 2.05) is 31.2 Å². The molecule has 19 heavy (non-hydrogen) atoms. The maximum absolute atomic E-state index is 6.05. The van der Waals surface area contributed by atoms with E-state index in [0.717, 1.165) is 30.8 Å². The second kappa shape index (κ2) is 9.59. The first-order chi connectivity index (χ1) is 9.31. The van der Waals surface area contributed by atoms with Crippen molar-refractivity contribution in [1.82, 2.24) is 5.32 Å². The van der Waals surface area contributed by atoms with Gasteiger partial charge in [0.05, 0.1) is 6.61 Å². The monoisotopic (exact) mass is 263 g/mol. The third-order valence-electron chi connectivity index (χ3n) is 2.71. The van der Waals surface area contributed by atoms with Crippen LogP contribution in [-0.2, 0) is 4.74 Å². The molecule has 3 heteroatoms. The molecule has 1 atom stereocenters. The van der Waals surface area contributed by atoms with E-state index in [4.69, 9.17) is 9.47 Å². The summed E-state index contributed by atoms with van der Waals surface area (Å²) in [6, 6.07) is 8.06. The second-order valence-corrected chi connectivity index (χ2v) is 4.44. The van der Waals surface area contributed by atoms with Crippen molar-refractivity contribution >= 4 is 6.08 Å². The van der Waals surface area contributed by atoms with Crippen LogP contribution in [0, 0.1) is 0 Å². The molecule has 0 spiro atoms. The highest BCUT2D eigenvalue weighted by Crippen LogP contribution is 2.20. The minimum Gasteiger partial charge on any atom is -0.486 e. The van der Waals surface area contributed by atoms with Crippen LogP contribution in [0.3, 0.4) is 0 Å². The van der Waals surface area contributed by atoms with Crippen LogP contribution in [0.25, 0.3) is 6.08 Å². The predicted octanol–water partition coefficient (Wildman–Crippen LogP) is 3.11. The van der Waals surface area contributed by atoms with Crippen molar-refractivity contribution in [3.05, 3.63) is 35.9 Å². The molecule has 0 fully saturated rings. The van der Waals surface area contributed by atoms with Gasteiger partial charge in [0.25, 0.3) is 0 Å². The molecule has 0 aliphatic carbocycles. The van der Waals surface area contributed by atoms with Crippen molar-refractivity contribution in [2.45, 2.75) is 26.4 Å². The molecule has 0 radical (unpaired) electrons. The standard InChI is InChI=1S/C16H25NO2/c1-4-8-14-9-6-7-10-16(14)19-15(13-18-3)12-17-11-5-2/h4,6-10,15,17H,5,11-13H2,1-3H3/b8-4+. The van der Waals surface area contributed by atoms with E-state index < -0.39 is 0 Å². The molecule has 0 saturated heterocycles. The van der Waals surface area contributed by atoms with Crippen molar-refractivity contribution in [2.75, 3.05) is 26.8 Å². The van der Waals surface area contributed by atoms with Gasteiger partial charge in [0.1, 0.15) is 11.9 Å². The lowest BCUT2D eigenvalue weighted by Gasteiger charge is -2.20. The minimum atomic E-state index is 0.0305. The average molecular weight is 263 g/mol. The fourth-order valence-electron chi connectivity index (χ4n) is 1.84. The molecule has 1 aromatic rings. The summed E-state index contributed by atoms with van der Waals surface area (Å²) in [6.07, 6.45) is 5.22. The molecule has 0 aliphatic rings. The maximum atomic E-state index is 6.05. The van der Waals surface area contributed by atoms with Crippen molar-refractivity contribution in [1.29, 1.82) is 0 Å².